The third-order valence-corrected chi connectivity index (χ3v) is 5.80. The largest absolute Gasteiger partial charge is 0.377 e. The van der Waals surface area contributed by atoms with E-state index >= 15 is 0 Å². The van der Waals surface area contributed by atoms with E-state index in [-0.39, 0.29) is 11.2 Å². The Labute approximate surface area is 180 Å². The van der Waals surface area contributed by atoms with Crippen molar-refractivity contribution in [1.29, 1.82) is 0 Å². The quantitative estimate of drug-likeness (QED) is 0.493. The number of anilines is 2. The van der Waals surface area contributed by atoms with Crippen LogP contribution in [0.5, 0.6) is 0 Å². The number of halogens is 1. The molecular formula is C21H24ClN5OS. The Bertz CT molecular complexity index is 973. The topological polar surface area (TPSA) is 71.8 Å². The SMILES string of the molecule is CCn1c(CNc2ccccc2Cl)nnc1S[C@@H](C)C(=O)Nc1ccc(C)cc1. The minimum Gasteiger partial charge on any atom is -0.377 e. The van der Waals surface area contributed by atoms with Gasteiger partial charge in [-0.2, -0.15) is 0 Å². The Hall–Kier alpha value is -2.51. The molecule has 2 N–H and O–H groups in total. The predicted octanol–water partition coefficient (Wildman–Crippen LogP) is 4.99. The molecule has 0 radical (unpaired) electrons. The maximum absolute atomic E-state index is 12.5. The van der Waals surface area contributed by atoms with Crippen molar-refractivity contribution in [3.63, 3.8) is 0 Å². The first-order chi connectivity index (χ1) is 14.0. The fourth-order valence-corrected chi connectivity index (χ4v) is 3.86. The zero-order valence-corrected chi connectivity index (χ0v) is 18.2. The van der Waals surface area contributed by atoms with Gasteiger partial charge in [0.25, 0.3) is 0 Å². The number of amides is 1. The standard InChI is InChI=1S/C21H24ClN5OS/c1-4-27-19(13-23-18-8-6-5-7-17(18)22)25-26-21(27)29-15(3)20(28)24-16-11-9-14(2)10-12-16/h5-12,15,23H,4,13H2,1-3H3,(H,24,28)/t15-/m0/s1. The van der Waals surface area contributed by atoms with Crippen LogP contribution in [0.3, 0.4) is 0 Å². The van der Waals surface area contributed by atoms with Crippen LogP contribution in [0.25, 0.3) is 0 Å². The van der Waals surface area contributed by atoms with Crippen LogP contribution in [0, 0.1) is 6.92 Å². The third-order valence-electron chi connectivity index (χ3n) is 4.39. The van der Waals surface area contributed by atoms with E-state index < -0.39 is 0 Å². The summed E-state index contributed by atoms with van der Waals surface area (Å²) in [5, 5.41) is 15.9. The minimum atomic E-state index is -0.310. The van der Waals surface area contributed by atoms with E-state index in [4.69, 9.17) is 11.6 Å². The van der Waals surface area contributed by atoms with Crippen molar-refractivity contribution < 1.29 is 4.79 Å². The van der Waals surface area contributed by atoms with Gasteiger partial charge in [-0.15, -0.1) is 10.2 Å². The fourth-order valence-electron chi connectivity index (χ4n) is 2.73. The highest BCUT2D eigenvalue weighted by atomic mass is 35.5. The lowest BCUT2D eigenvalue weighted by Gasteiger charge is -2.13. The third kappa shape index (κ3) is 5.52. The number of benzene rings is 2. The second kappa shape index (κ2) is 9.80. The second-order valence-corrected chi connectivity index (χ2v) is 8.31. The van der Waals surface area contributed by atoms with Gasteiger partial charge in [-0.3, -0.25) is 4.79 Å². The van der Waals surface area contributed by atoms with Gasteiger partial charge in [0.2, 0.25) is 5.91 Å². The van der Waals surface area contributed by atoms with Crippen LogP contribution in [-0.4, -0.2) is 25.9 Å². The number of para-hydroxylation sites is 1. The van der Waals surface area contributed by atoms with Gasteiger partial charge >= 0.3 is 0 Å². The van der Waals surface area contributed by atoms with E-state index in [1.165, 1.54) is 11.8 Å². The molecule has 0 spiro atoms. The van der Waals surface area contributed by atoms with E-state index in [2.05, 4.69) is 20.8 Å². The lowest BCUT2D eigenvalue weighted by atomic mass is 10.2. The Morgan fingerprint density at radius 2 is 1.90 bits per heavy atom. The molecule has 1 atom stereocenters. The van der Waals surface area contributed by atoms with Gasteiger partial charge in [-0.05, 0) is 45.0 Å². The van der Waals surface area contributed by atoms with E-state index in [0.717, 1.165) is 27.9 Å². The number of aryl methyl sites for hydroxylation is 1. The lowest BCUT2D eigenvalue weighted by Crippen LogP contribution is -2.23. The second-order valence-electron chi connectivity index (χ2n) is 6.59. The average molecular weight is 430 g/mol. The van der Waals surface area contributed by atoms with Crippen LogP contribution in [0.2, 0.25) is 5.02 Å². The Morgan fingerprint density at radius 3 is 2.59 bits per heavy atom. The number of aromatic nitrogens is 3. The Kier molecular flexibility index (Phi) is 7.17. The number of nitrogens with one attached hydrogen (secondary N) is 2. The number of carbonyl (C=O) groups excluding carboxylic acids is 1. The van der Waals surface area contributed by atoms with Gasteiger partial charge in [0.15, 0.2) is 11.0 Å². The molecule has 3 rings (SSSR count). The molecule has 0 saturated heterocycles. The van der Waals surface area contributed by atoms with Crippen LogP contribution in [0.1, 0.15) is 25.2 Å². The summed E-state index contributed by atoms with van der Waals surface area (Å²) in [6, 6.07) is 15.3. The van der Waals surface area contributed by atoms with E-state index in [9.17, 15) is 4.79 Å². The van der Waals surface area contributed by atoms with Crippen molar-refractivity contribution in [2.75, 3.05) is 10.6 Å². The summed E-state index contributed by atoms with van der Waals surface area (Å²) in [6.45, 7) is 7.12. The normalized spacial score (nSPS) is 11.9. The van der Waals surface area contributed by atoms with Crippen LogP contribution < -0.4 is 10.6 Å². The van der Waals surface area contributed by atoms with Crippen molar-refractivity contribution >= 4 is 40.6 Å². The summed E-state index contributed by atoms with van der Waals surface area (Å²) >= 11 is 7.59. The van der Waals surface area contributed by atoms with Crippen LogP contribution in [0.4, 0.5) is 11.4 Å². The molecule has 0 unspecified atom stereocenters. The number of rotatable bonds is 8. The number of nitrogens with zero attached hydrogens (tertiary/aromatic N) is 3. The Balaban J connectivity index is 1.63. The van der Waals surface area contributed by atoms with Gasteiger partial charge in [0.05, 0.1) is 22.5 Å². The van der Waals surface area contributed by atoms with Gasteiger partial charge in [-0.25, -0.2) is 0 Å². The molecular weight excluding hydrogens is 406 g/mol. The van der Waals surface area contributed by atoms with Gasteiger partial charge in [0.1, 0.15) is 0 Å². The summed E-state index contributed by atoms with van der Waals surface area (Å²) in [6.07, 6.45) is 0. The minimum absolute atomic E-state index is 0.0692. The molecule has 6 nitrogen and oxygen atoms in total. The number of hydrogen-bond acceptors (Lipinski definition) is 5. The van der Waals surface area contributed by atoms with Crippen molar-refractivity contribution in [3.05, 3.63) is 64.9 Å². The van der Waals surface area contributed by atoms with Crippen LogP contribution in [-0.2, 0) is 17.9 Å². The van der Waals surface area contributed by atoms with E-state index in [1.807, 2.05) is 73.9 Å². The molecule has 0 fully saturated rings. The van der Waals surface area contributed by atoms with Crippen LogP contribution >= 0.6 is 23.4 Å². The fraction of sp³-hybridized carbons (Fsp3) is 0.286. The molecule has 29 heavy (non-hydrogen) atoms. The summed E-state index contributed by atoms with van der Waals surface area (Å²) in [4.78, 5) is 12.5. The highest BCUT2D eigenvalue weighted by Gasteiger charge is 2.20. The average Bonchev–Trinajstić information content (AvgIpc) is 3.10. The van der Waals surface area contributed by atoms with Gasteiger partial charge in [0, 0.05) is 12.2 Å². The molecule has 1 heterocycles. The molecule has 0 aliphatic carbocycles. The molecule has 1 amide bonds. The first-order valence-electron chi connectivity index (χ1n) is 9.42. The lowest BCUT2D eigenvalue weighted by molar-refractivity contribution is -0.115. The zero-order valence-electron chi connectivity index (χ0n) is 16.6. The molecule has 0 saturated carbocycles. The molecule has 8 heteroatoms. The first kappa shape index (κ1) is 21.2. The zero-order chi connectivity index (χ0) is 20.8. The van der Waals surface area contributed by atoms with E-state index in [0.29, 0.717) is 18.1 Å². The molecule has 0 aliphatic rings. The molecule has 1 aromatic heterocycles. The smallest absolute Gasteiger partial charge is 0.237 e. The molecule has 0 aliphatic heterocycles. The van der Waals surface area contributed by atoms with Crippen molar-refractivity contribution in [1.82, 2.24) is 14.8 Å². The Morgan fingerprint density at radius 1 is 1.17 bits per heavy atom. The first-order valence-corrected chi connectivity index (χ1v) is 10.7. The highest BCUT2D eigenvalue weighted by Crippen LogP contribution is 2.25. The van der Waals surface area contributed by atoms with Crippen molar-refractivity contribution in [2.45, 2.75) is 44.3 Å². The summed E-state index contributed by atoms with van der Waals surface area (Å²) < 4.78 is 2.00. The van der Waals surface area contributed by atoms with E-state index in [1.54, 1.807) is 0 Å². The highest BCUT2D eigenvalue weighted by molar-refractivity contribution is 8.00. The molecule has 152 valence electrons. The molecule has 0 bridgehead atoms. The summed E-state index contributed by atoms with van der Waals surface area (Å²) in [5.74, 6) is 0.723. The predicted molar refractivity (Wildman–Crippen MR) is 120 cm³/mol. The maximum atomic E-state index is 12.5. The maximum Gasteiger partial charge on any atom is 0.237 e. The van der Waals surface area contributed by atoms with Crippen molar-refractivity contribution in [3.8, 4) is 0 Å². The van der Waals surface area contributed by atoms with Gasteiger partial charge in [-0.1, -0.05) is 53.2 Å². The molecule has 2 aromatic carbocycles. The molecule has 3 aromatic rings. The number of thioether (sulfide) groups is 1. The summed E-state index contributed by atoms with van der Waals surface area (Å²) in [5.41, 5.74) is 2.79. The van der Waals surface area contributed by atoms with Crippen LogP contribution in [0.15, 0.2) is 53.7 Å². The summed E-state index contributed by atoms with van der Waals surface area (Å²) in [7, 11) is 0. The monoisotopic (exact) mass is 429 g/mol. The van der Waals surface area contributed by atoms with Gasteiger partial charge < -0.3 is 15.2 Å². The number of hydrogen-bond donors (Lipinski definition) is 2. The number of carbonyl (C=O) groups is 1. The van der Waals surface area contributed by atoms with Crippen molar-refractivity contribution in [2.24, 2.45) is 0 Å².